The molecule has 2 N–H and O–H groups in total. The van der Waals surface area contributed by atoms with Crippen molar-refractivity contribution in [2.24, 2.45) is 0 Å². The third-order valence-corrected chi connectivity index (χ3v) is 3.72. The molecule has 7 heteroatoms. The number of aromatic amines is 1. The summed E-state index contributed by atoms with van der Waals surface area (Å²) in [5.74, 6) is -0.588. The summed E-state index contributed by atoms with van der Waals surface area (Å²) in [5, 5.41) is 5.22. The van der Waals surface area contributed by atoms with E-state index in [1.54, 1.807) is 36.4 Å². The summed E-state index contributed by atoms with van der Waals surface area (Å²) >= 11 is 0. The van der Waals surface area contributed by atoms with Crippen LogP contribution in [0.15, 0.2) is 70.3 Å². The van der Waals surface area contributed by atoms with Crippen LogP contribution >= 0.6 is 0 Å². The highest BCUT2D eigenvalue weighted by atomic mass is 19.1. The second-order valence-corrected chi connectivity index (χ2v) is 5.79. The molecule has 0 radical (unpaired) electrons. The van der Waals surface area contributed by atoms with E-state index >= 15 is 0 Å². The molecule has 0 atom stereocenters. The SMILES string of the molecule is O=C(Cc1ccc(F)cc1)Nc1cccc(Cn2[nH]c(=O)ccc2=O)c1. The predicted octanol–water partition coefficient (Wildman–Crippen LogP) is 1.91. The Morgan fingerprint density at radius 2 is 1.77 bits per heavy atom. The number of hydrogen-bond donors (Lipinski definition) is 2. The fourth-order valence-corrected chi connectivity index (χ4v) is 2.50. The molecule has 3 aromatic rings. The Kier molecular flexibility index (Phi) is 5.07. The smallest absolute Gasteiger partial charge is 0.265 e. The van der Waals surface area contributed by atoms with Crippen molar-refractivity contribution in [3.05, 3.63) is 98.3 Å². The van der Waals surface area contributed by atoms with Gasteiger partial charge in [-0.05, 0) is 35.4 Å². The van der Waals surface area contributed by atoms with Gasteiger partial charge in [0.15, 0.2) is 0 Å². The Morgan fingerprint density at radius 3 is 2.54 bits per heavy atom. The molecule has 132 valence electrons. The minimum atomic E-state index is -0.367. The topological polar surface area (TPSA) is 84.0 Å². The van der Waals surface area contributed by atoms with Crippen LogP contribution in [-0.2, 0) is 17.8 Å². The van der Waals surface area contributed by atoms with Crippen LogP contribution in [0.2, 0.25) is 0 Å². The minimum absolute atomic E-state index is 0.121. The van der Waals surface area contributed by atoms with Crippen LogP contribution in [0.3, 0.4) is 0 Å². The maximum absolute atomic E-state index is 12.9. The van der Waals surface area contributed by atoms with E-state index in [2.05, 4.69) is 10.4 Å². The highest BCUT2D eigenvalue weighted by Crippen LogP contribution is 2.12. The van der Waals surface area contributed by atoms with Crippen LogP contribution in [-0.4, -0.2) is 15.7 Å². The van der Waals surface area contributed by atoms with E-state index in [1.807, 2.05) is 0 Å². The zero-order chi connectivity index (χ0) is 18.5. The van der Waals surface area contributed by atoms with Gasteiger partial charge in [0, 0.05) is 17.8 Å². The Hall–Kier alpha value is -3.48. The molecule has 0 fully saturated rings. The molecule has 0 aliphatic rings. The van der Waals surface area contributed by atoms with E-state index in [0.29, 0.717) is 11.3 Å². The highest BCUT2D eigenvalue weighted by Gasteiger charge is 2.06. The highest BCUT2D eigenvalue weighted by molar-refractivity contribution is 5.92. The monoisotopic (exact) mass is 353 g/mol. The number of anilines is 1. The van der Waals surface area contributed by atoms with Crippen molar-refractivity contribution in [3.8, 4) is 0 Å². The number of nitrogens with zero attached hydrogens (tertiary/aromatic N) is 1. The Morgan fingerprint density at radius 1 is 1.00 bits per heavy atom. The predicted molar refractivity (Wildman–Crippen MR) is 95.6 cm³/mol. The van der Waals surface area contributed by atoms with Crippen LogP contribution in [0.1, 0.15) is 11.1 Å². The van der Waals surface area contributed by atoms with Crippen LogP contribution in [0.4, 0.5) is 10.1 Å². The van der Waals surface area contributed by atoms with E-state index in [9.17, 15) is 18.8 Å². The van der Waals surface area contributed by atoms with Crippen molar-refractivity contribution in [2.45, 2.75) is 13.0 Å². The number of benzene rings is 2. The molecule has 6 nitrogen and oxygen atoms in total. The van der Waals surface area contributed by atoms with E-state index in [0.717, 1.165) is 5.56 Å². The number of halogens is 1. The van der Waals surface area contributed by atoms with Crippen LogP contribution in [0.5, 0.6) is 0 Å². The second-order valence-electron chi connectivity index (χ2n) is 5.79. The number of aromatic nitrogens is 2. The minimum Gasteiger partial charge on any atom is -0.326 e. The van der Waals surface area contributed by atoms with E-state index < -0.39 is 0 Å². The summed E-state index contributed by atoms with van der Waals surface area (Å²) < 4.78 is 14.1. The third-order valence-electron chi connectivity index (χ3n) is 3.72. The Labute approximate surface area is 147 Å². The summed E-state index contributed by atoms with van der Waals surface area (Å²) in [6.45, 7) is 0.177. The van der Waals surface area contributed by atoms with Gasteiger partial charge in [0.2, 0.25) is 5.91 Å². The summed E-state index contributed by atoms with van der Waals surface area (Å²) in [5.41, 5.74) is 1.33. The van der Waals surface area contributed by atoms with Gasteiger partial charge in [-0.3, -0.25) is 19.5 Å². The van der Waals surface area contributed by atoms with Gasteiger partial charge >= 0.3 is 0 Å². The molecule has 0 unspecified atom stereocenters. The van der Waals surface area contributed by atoms with Gasteiger partial charge in [0.1, 0.15) is 5.82 Å². The molecule has 1 aromatic heterocycles. The first-order chi connectivity index (χ1) is 12.5. The molecule has 0 bridgehead atoms. The zero-order valence-electron chi connectivity index (χ0n) is 13.7. The third kappa shape index (κ3) is 4.54. The van der Waals surface area contributed by atoms with E-state index in [1.165, 1.54) is 28.9 Å². The lowest BCUT2D eigenvalue weighted by atomic mass is 10.1. The molecule has 0 aliphatic carbocycles. The molecule has 2 aromatic carbocycles. The maximum Gasteiger partial charge on any atom is 0.265 e. The van der Waals surface area contributed by atoms with Gasteiger partial charge in [-0.1, -0.05) is 24.3 Å². The lowest BCUT2D eigenvalue weighted by Crippen LogP contribution is -2.28. The molecule has 0 saturated carbocycles. The number of amides is 1. The van der Waals surface area contributed by atoms with Gasteiger partial charge in [-0.15, -0.1) is 0 Å². The molecule has 0 spiro atoms. The number of carbonyl (C=O) groups is 1. The van der Waals surface area contributed by atoms with E-state index in [4.69, 9.17) is 0 Å². The molecule has 0 saturated heterocycles. The van der Waals surface area contributed by atoms with Gasteiger partial charge in [-0.25, -0.2) is 9.07 Å². The first kappa shape index (κ1) is 17.3. The van der Waals surface area contributed by atoms with Gasteiger partial charge in [0.25, 0.3) is 11.1 Å². The van der Waals surface area contributed by atoms with Gasteiger partial charge in [-0.2, -0.15) is 0 Å². The largest absolute Gasteiger partial charge is 0.326 e. The summed E-state index contributed by atoms with van der Waals surface area (Å²) in [4.78, 5) is 35.2. The summed E-state index contributed by atoms with van der Waals surface area (Å²) in [6.07, 6.45) is 0.121. The number of H-pyrrole nitrogens is 1. The van der Waals surface area contributed by atoms with Crippen molar-refractivity contribution in [1.29, 1.82) is 0 Å². The van der Waals surface area contributed by atoms with Crippen molar-refractivity contribution in [2.75, 3.05) is 5.32 Å². The quantitative estimate of drug-likeness (QED) is 0.735. The fraction of sp³-hybridized carbons (Fsp3) is 0.105. The zero-order valence-corrected chi connectivity index (χ0v) is 13.7. The number of carbonyl (C=O) groups excluding carboxylic acids is 1. The van der Waals surface area contributed by atoms with Crippen LogP contribution < -0.4 is 16.4 Å². The molecule has 1 amide bonds. The number of hydrogen-bond acceptors (Lipinski definition) is 3. The normalized spacial score (nSPS) is 10.5. The van der Waals surface area contributed by atoms with Crippen molar-refractivity contribution >= 4 is 11.6 Å². The first-order valence-electron chi connectivity index (χ1n) is 7.93. The van der Waals surface area contributed by atoms with Crippen LogP contribution in [0, 0.1) is 5.82 Å². The molecule has 0 aliphatic heterocycles. The molecular formula is C19H16FN3O3. The average molecular weight is 353 g/mol. The maximum atomic E-state index is 12.9. The number of nitrogens with one attached hydrogen (secondary N) is 2. The molecule has 3 rings (SSSR count). The van der Waals surface area contributed by atoms with Crippen molar-refractivity contribution < 1.29 is 9.18 Å². The Bertz CT molecular complexity index is 1040. The van der Waals surface area contributed by atoms with Crippen molar-refractivity contribution in [3.63, 3.8) is 0 Å². The Balaban J connectivity index is 1.69. The second kappa shape index (κ2) is 7.60. The molecule has 26 heavy (non-hydrogen) atoms. The summed E-state index contributed by atoms with van der Waals surface area (Å²) in [6, 6.07) is 15.1. The first-order valence-corrected chi connectivity index (χ1v) is 7.93. The average Bonchev–Trinajstić information content (AvgIpc) is 2.60. The molecular weight excluding hydrogens is 337 g/mol. The standard InChI is InChI=1S/C19H16FN3O3/c20-15-6-4-13(5-7-15)11-18(25)21-16-3-1-2-14(10-16)12-23-19(26)9-8-17(24)22-23/h1-10H,11-12H2,(H,21,25)(H,22,24). The van der Waals surface area contributed by atoms with Gasteiger partial charge in [0.05, 0.1) is 13.0 Å². The summed E-state index contributed by atoms with van der Waals surface area (Å²) in [7, 11) is 0. The fourth-order valence-electron chi connectivity index (χ4n) is 2.50. The van der Waals surface area contributed by atoms with E-state index in [-0.39, 0.29) is 35.8 Å². The van der Waals surface area contributed by atoms with Gasteiger partial charge < -0.3 is 5.32 Å². The number of rotatable bonds is 5. The lowest BCUT2D eigenvalue weighted by molar-refractivity contribution is -0.115. The lowest BCUT2D eigenvalue weighted by Gasteiger charge is -2.09. The van der Waals surface area contributed by atoms with Crippen molar-refractivity contribution in [1.82, 2.24) is 9.78 Å². The molecule has 1 heterocycles. The van der Waals surface area contributed by atoms with Crippen LogP contribution in [0.25, 0.3) is 0 Å².